The predicted molar refractivity (Wildman–Crippen MR) is 94.2 cm³/mol. The first kappa shape index (κ1) is 19.6. The van der Waals surface area contributed by atoms with Gasteiger partial charge < -0.3 is 4.90 Å². The van der Waals surface area contributed by atoms with E-state index in [1.54, 1.807) is 0 Å². The van der Waals surface area contributed by atoms with Crippen molar-refractivity contribution in [3.05, 3.63) is 52.3 Å². The number of fused-ring (bicyclic) bond motifs is 2. The second-order valence-electron chi connectivity index (χ2n) is 7.02. The molecule has 1 spiro atoms. The van der Waals surface area contributed by atoms with Crippen molar-refractivity contribution in [2.45, 2.75) is 24.2 Å². The molecule has 1 aromatic heterocycles. The number of aromatic nitrogens is 2. The zero-order valence-corrected chi connectivity index (χ0v) is 15.4. The number of halogens is 5. The molecule has 1 N–H and O–H groups in total. The molecule has 1 aromatic carbocycles. The van der Waals surface area contributed by atoms with Gasteiger partial charge in [0.2, 0.25) is 11.9 Å². The molecule has 0 unspecified atom stereocenters. The number of hydrogen-bond acceptors (Lipinski definition) is 4. The molecule has 1 fully saturated rings. The fourth-order valence-corrected chi connectivity index (χ4v) is 3.63. The van der Waals surface area contributed by atoms with Gasteiger partial charge in [0.25, 0.3) is 5.91 Å². The predicted octanol–water partition coefficient (Wildman–Crippen LogP) is 3.22. The summed E-state index contributed by atoms with van der Waals surface area (Å²) in [5, 5.41) is 2.66. The highest BCUT2D eigenvalue weighted by atomic mass is 35.5. The zero-order valence-electron chi connectivity index (χ0n) is 14.6. The molecule has 0 radical (unpaired) electrons. The number of carbonyl (C=O) groups is 2. The largest absolute Gasteiger partial charge is 0.416 e. The number of anilines is 1. The third-order valence-corrected chi connectivity index (χ3v) is 5.26. The van der Waals surface area contributed by atoms with Gasteiger partial charge in [-0.25, -0.2) is 14.4 Å². The molecule has 11 heteroatoms. The Balaban J connectivity index is 1.58. The first-order valence-corrected chi connectivity index (χ1v) is 8.90. The SMILES string of the molecule is O=C(CN1C[C@@]2(C[C@@H]2F)c2cc(C(F)(F)F)ccc2C1=O)Nc1ncc(Cl)cn1. The number of nitrogens with zero attached hydrogens (tertiary/aromatic N) is 3. The minimum Gasteiger partial charge on any atom is -0.328 e. The lowest BCUT2D eigenvalue weighted by Crippen LogP contribution is -2.47. The van der Waals surface area contributed by atoms with Crippen molar-refractivity contribution in [2.24, 2.45) is 0 Å². The Bertz CT molecular complexity index is 998. The summed E-state index contributed by atoms with van der Waals surface area (Å²) in [6.45, 7) is -0.601. The van der Waals surface area contributed by atoms with Gasteiger partial charge in [0.1, 0.15) is 12.7 Å². The molecule has 2 heterocycles. The number of rotatable bonds is 3. The first-order chi connectivity index (χ1) is 13.6. The average Bonchev–Trinajstić information content (AvgIpc) is 3.30. The molecule has 4 rings (SSSR count). The average molecular weight is 429 g/mol. The highest BCUT2D eigenvalue weighted by Crippen LogP contribution is 2.55. The van der Waals surface area contributed by atoms with Gasteiger partial charge in [0.05, 0.1) is 23.0 Å². The van der Waals surface area contributed by atoms with E-state index in [9.17, 15) is 27.2 Å². The Morgan fingerprint density at radius 3 is 2.55 bits per heavy atom. The van der Waals surface area contributed by atoms with Gasteiger partial charge in [-0.1, -0.05) is 11.6 Å². The summed E-state index contributed by atoms with van der Waals surface area (Å²) in [5.74, 6) is -1.28. The van der Waals surface area contributed by atoms with E-state index in [1.165, 1.54) is 12.4 Å². The van der Waals surface area contributed by atoms with Crippen LogP contribution in [0.1, 0.15) is 27.9 Å². The third kappa shape index (κ3) is 3.52. The van der Waals surface area contributed by atoms with Crippen LogP contribution in [0.25, 0.3) is 0 Å². The van der Waals surface area contributed by atoms with Crippen LogP contribution in [0.5, 0.6) is 0 Å². The zero-order chi connectivity index (χ0) is 21.0. The van der Waals surface area contributed by atoms with E-state index in [0.29, 0.717) is 0 Å². The summed E-state index contributed by atoms with van der Waals surface area (Å²) in [6, 6.07) is 2.66. The van der Waals surface area contributed by atoms with E-state index in [2.05, 4.69) is 15.3 Å². The second-order valence-corrected chi connectivity index (χ2v) is 7.46. The number of nitrogens with one attached hydrogen (secondary N) is 1. The molecular weight excluding hydrogens is 416 g/mol. The monoisotopic (exact) mass is 428 g/mol. The molecular formula is C18H13ClF4N4O2. The number of alkyl halides is 4. The Kier molecular flexibility index (Phi) is 4.49. The van der Waals surface area contributed by atoms with Gasteiger partial charge in [-0.15, -0.1) is 0 Å². The van der Waals surface area contributed by atoms with Crippen molar-refractivity contribution >= 4 is 29.4 Å². The second kappa shape index (κ2) is 6.65. The number of carbonyl (C=O) groups excluding carboxylic acids is 2. The van der Waals surface area contributed by atoms with Gasteiger partial charge in [-0.05, 0) is 30.2 Å². The van der Waals surface area contributed by atoms with Crippen molar-refractivity contribution in [1.82, 2.24) is 14.9 Å². The lowest BCUT2D eigenvalue weighted by atomic mass is 9.85. The smallest absolute Gasteiger partial charge is 0.328 e. The minimum atomic E-state index is -4.60. The van der Waals surface area contributed by atoms with Crippen LogP contribution in [0.3, 0.4) is 0 Å². The standard InChI is InChI=1S/C18H13ClF4N4O2/c19-10-5-24-16(25-6-10)26-14(28)7-27-8-17(4-13(17)20)12-3-9(18(21,22)23)1-2-11(12)15(27)29/h1-3,5-6,13H,4,7-8H2,(H,24,25,26,28)/t13-,17-/m0/s1. The molecule has 2 aromatic rings. The highest BCUT2D eigenvalue weighted by molar-refractivity contribution is 6.30. The molecule has 0 saturated heterocycles. The van der Waals surface area contributed by atoms with Crippen LogP contribution in [0, 0.1) is 0 Å². The molecule has 2 amide bonds. The lowest BCUT2D eigenvalue weighted by molar-refractivity contribution is -0.137. The van der Waals surface area contributed by atoms with Crippen molar-refractivity contribution in [3.8, 4) is 0 Å². The summed E-state index contributed by atoms with van der Waals surface area (Å²) in [6.07, 6.45) is -3.44. The number of hydrogen-bond donors (Lipinski definition) is 1. The van der Waals surface area contributed by atoms with Crippen molar-refractivity contribution in [2.75, 3.05) is 18.4 Å². The Morgan fingerprint density at radius 1 is 1.31 bits per heavy atom. The van der Waals surface area contributed by atoms with Gasteiger partial charge in [0, 0.05) is 17.5 Å². The summed E-state index contributed by atoms with van der Waals surface area (Å²) in [4.78, 5) is 33.7. The Morgan fingerprint density at radius 2 is 1.97 bits per heavy atom. The van der Waals surface area contributed by atoms with Crippen molar-refractivity contribution in [1.29, 1.82) is 0 Å². The fourth-order valence-electron chi connectivity index (χ4n) is 3.53. The van der Waals surface area contributed by atoms with E-state index in [4.69, 9.17) is 11.6 Å². The maximum Gasteiger partial charge on any atom is 0.416 e. The van der Waals surface area contributed by atoms with Crippen LogP contribution in [0.15, 0.2) is 30.6 Å². The molecule has 2 aliphatic rings. The van der Waals surface area contributed by atoms with E-state index in [0.717, 1.165) is 23.1 Å². The maximum absolute atomic E-state index is 14.2. The lowest BCUT2D eigenvalue weighted by Gasteiger charge is -2.34. The first-order valence-electron chi connectivity index (χ1n) is 8.53. The summed E-state index contributed by atoms with van der Waals surface area (Å²) in [5.41, 5.74) is -2.14. The number of amides is 2. The minimum absolute atomic E-state index is 0.00694. The van der Waals surface area contributed by atoms with Crippen LogP contribution in [0.4, 0.5) is 23.5 Å². The summed E-state index contributed by atoms with van der Waals surface area (Å²) < 4.78 is 53.4. The fraction of sp³-hybridized carbons (Fsp3) is 0.333. The quantitative estimate of drug-likeness (QED) is 0.762. The molecule has 29 heavy (non-hydrogen) atoms. The molecule has 2 atom stereocenters. The van der Waals surface area contributed by atoms with Gasteiger partial charge in [-0.3, -0.25) is 14.9 Å². The van der Waals surface area contributed by atoms with Gasteiger partial charge >= 0.3 is 6.18 Å². The number of benzene rings is 1. The van der Waals surface area contributed by atoms with E-state index < -0.39 is 41.7 Å². The normalized spacial score (nSPS) is 23.1. The molecule has 6 nitrogen and oxygen atoms in total. The maximum atomic E-state index is 14.2. The third-order valence-electron chi connectivity index (χ3n) is 5.06. The molecule has 1 aliphatic heterocycles. The van der Waals surface area contributed by atoms with Crippen molar-refractivity contribution in [3.63, 3.8) is 0 Å². The van der Waals surface area contributed by atoms with E-state index in [1.807, 2.05) is 0 Å². The molecule has 1 saturated carbocycles. The highest BCUT2D eigenvalue weighted by Gasteiger charge is 2.61. The van der Waals surface area contributed by atoms with Crippen LogP contribution < -0.4 is 5.32 Å². The molecule has 1 aliphatic carbocycles. The van der Waals surface area contributed by atoms with E-state index >= 15 is 0 Å². The summed E-state index contributed by atoms with van der Waals surface area (Å²) >= 11 is 5.67. The molecule has 0 bridgehead atoms. The topological polar surface area (TPSA) is 75.2 Å². The van der Waals surface area contributed by atoms with E-state index in [-0.39, 0.29) is 35.1 Å². The van der Waals surface area contributed by atoms with Crippen LogP contribution in [-0.2, 0) is 16.4 Å². The summed E-state index contributed by atoms with van der Waals surface area (Å²) in [7, 11) is 0. The van der Waals surface area contributed by atoms with Gasteiger partial charge in [0.15, 0.2) is 0 Å². The Labute approximate surface area is 166 Å². The van der Waals surface area contributed by atoms with Crippen LogP contribution in [-0.4, -0.2) is 45.9 Å². The Hall–Kier alpha value is -2.75. The van der Waals surface area contributed by atoms with Crippen molar-refractivity contribution < 1.29 is 27.2 Å². The molecule has 152 valence electrons. The van der Waals surface area contributed by atoms with Crippen LogP contribution in [0.2, 0.25) is 5.02 Å². The van der Waals surface area contributed by atoms with Crippen LogP contribution >= 0.6 is 11.6 Å². The van der Waals surface area contributed by atoms with Gasteiger partial charge in [-0.2, -0.15) is 13.2 Å².